The average molecular weight is 779 g/mol. The van der Waals surface area contributed by atoms with Crippen molar-refractivity contribution in [1.29, 1.82) is 0 Å². The van der Waals surface area contributed by atoms with Crippen molar-refractivity contribution in [3.8, 4) is 44.5 Å². The van der Waals surface area contributed by atoms with E-state index in [1.807, 2.05) is 0 Å². The van der Waals surface area contributed by atoms with E-state index in [2.05, 4.69) is 227 Å². The van der Waals surface area contributed by atoms with Crippen LogP contribution >= 0.6 is 0 Å². The minimum Gasteiger partial charge on any atom is -0.354 e. The maximum absolute atomic E-state index is 5.51. The SMILES string of the molecule is C[n+]1cccc(-c2c3nc(c(-c4cc5ccccc5[n+](C)c4)c4nc(c(-c5ccc[n+](C)c5)c5ccc([nH]5)c(-c5cc6ccccc6[n+](C)c5)c5ccc2[nH]5)C=C4)C=C3)c1. The number of nitrogens with zero attached hydrogens (tertiary/aromatic N) is 6. The summed E-state index contributed by atoms with van der Waals surface area (Å²) >= 11 is 0. The zero-order valence-corrected chi connectivity index (χ0v) is 33.8. The molecule has 2 N–H and O–H groups in total. The summed E-state index contributed by atoms with van der Waals surface area (Å²) in [6.07, 6.45) is 21.4. The number of fused-ring (bicyclic) bond motifs is 10. The van der Waals surface area contributed by atoms with Gasteiger partial charge in [-0.3, -0.25) is 0 Å². The Kier molecular flexibility index (Phi) is 8.20. The molecule has 7 aromatic heterocycles. The first-order valence-electron chi connectivity index (χ1n) is 20.2. The fourth-order valence-corrected chi connectivity index (χ4v) is 8.99. The normalized spacial score (nSPS) is 12.2. The molecule has 9 aromatic rings. The molecular formula is C52H42N8+4. The van der Waals surface area contributed by atoms with Gasteiger partial charge in [0.25, 0.3) is 0 Å². The van der Waals surface area contributed by atoms with E-state index in [0.717, 1.165) is 106 Å². The summed E-state index contributed by atoms with van der Waals surface area (Å²) in [7, 11) is 8.34. The molecule has 0 saturated heterocycles. The van der Waals surface area contributed by atoms with E-state index in [1.165, 1.54) is 5.52 Å². The number of hydrogen-bond donors (Lipinski definition) is 2. The van der Waals surface area contributed by atoms with Crippen LogP contribution in [0, 0.1) is 0 Å². The molecule has 11 rings (SSSR count). The highest BCUT2D eigenvalue weighted by Crippen LogP contribution is 2.38. The molecule has 8 nitrogen and oxygen atoms in total. The predicted octanol–water partition coefficient (Wildman–Crippen LogP) is 8.93. The molecule has 0 aliphatic carbocycles. The van der Waals surface area contributed by atoms with Crippen molar-refractivity contribution in [3.05, 3.63) is 169 Å². The molecule has 2 aromatic carbocycles. The third kappa shape index (κ3) is 6.00. The minimum atomic E-state index is 0.854. The van der Waals surface area contributed by atoms with Crippen LogP contribution in [0.15, 0.2) is 146 Å². The van der Waals surface area contributed by atoms with E-state index in [4.69, 9.17) is 9.97 Å². The summed E-state index contributed by atoms with van der Waals surface area (Å²) in [5, 5.41) is 2.31. The quantitative estimate of drug-likeness (QED) is 0.175. The van der Waals surface area contributed by atoms with Crippen molar-refractivity contribution >= 4 is 68.2 Å². The van der Waals surface area contributed by atoms with Gasteiger partial charge in [0, 0.05) is 90.5 Å². The van der Waals surface area contributed by atoms with Crippen LogP contribution in [0.1, 0.15) is 22.8 Å². The second kappa shape index (κ2) is 13.9. The lowest BCUT2D eigenvalue weighted by Crippen LogP contribution is -2.28. The summed E-state index contributed by atoms with van der Waals surface area (Å²) in [5.74, 6) is 0. The Hall–Kier alpha value is -7.84. The fraction of sp³-hybridized carbons (Fsp3) is 0.0769. The van der Waals surface area contributed by atoms with Crippen LogP contribution in [0.5, 0.6) is 0 Å². The Morgan fingerprint density at radius 1 is 0.383 bits per heavy atom. The molecule has 0 spiro atoms. The molecule has 0 radical (unpaired) electrons. The van der Waals surface area contributed by atoms with E-state index < -0.39 is 0 Å². The highest BCUT2D eigenvalue weighted by molar-refractivity contribution is 6.01. The van der Waals surface area contributed by atoms with Gasteiger partial charge in [-0.2, -0.15) is 0 Å². The smallest absolute Gasteiger partial charge is 0.212 e. The van der Waals surface area contributed by atoms with Crippen molar-refractivity contribution in [3.63, 3.8) is 0 Å². The molecule has 8 heteroatoms. The highest BCUT2D eigenvalue weighted by Gasteiger charge is 2.23. The molecular weight excluding hydrogens is 737 g/mol. The third-order valence-corrected chi connectivity index (χ3v) is 11.7. The van der Waals surface area contributed by atoms with Gasteiger partial charge in [0.1, 0.15) is 28.2 Å². The third-order valence-electron chi connectivity index (χ3n) is 11.7. The summed E-state index contributed by atoms with van der Waals surface area (Å²) < 4.78 is 8.58. The number of aromatic nitrogens is 8. The first-order valence-corrected chi connectivity index (χ1v) is 20.2. The van der Waals surface area contributed by atoms with Crippen LogP contribution in [0.4, 0.5) is 0 Å². The lowest BCUT2D eigenvalue weighted by atomic mass is 10.0. The monoisotopic (exact) mass is 778 g/mol. The molecule has 0 amide bonds. The van der Waals surface area contributed by atoms with Gasteiger partial charge in [-0.1, -0.05) is 24.3 Å². The molecule has 2 aliphatic rings. The van der Waals surface area contributed by atoms with Gasteiger partial charge < -0.3 is 9.97 Å². The van der Waals surface area contributed by atoms with Crippen LogP contribution in [0.3, 0.4) is 0 Å². The van der Waals surface area contributed by atoms with Crippen LogP contribution in [-0.4, -0.2) is 19.9 Å². The van der Waals surface area contributed by atoms with Crippen LogP contribution in [-0.2, 0) is 28.2 Å². The second-order valence-corrected chi connectivity index (χ2v) is 15.8. The molecule has 0 saturated carbocycles. The van der Waals surface area contributed by atoms with Gasteiger partial charge >= 0.3 is 0 Å². The van der Waals surface area contributed by atoms with Gasteiger partial charge in [-0.25, -0.2) is 28.2 Å². The number of aryl methyl sites for hydroxylation is 4. The molecule has 0 unspecified atom stereocenters. The number of pyridine rings is 4. The summed E-state index contributed by atoms with van der Waals surface area (Å²) in [4.78, 5) is 18.8. The Morgan fingerprint density at radius 2 is 0.783 bits per heavy atom. The van der Waals surface area contributed by atoms with Crippen LogP contribution in [0.2, 0.25) is 0 Å². The molecule has 286 valence electrons. The van der Waals surface area contributed by atoms with Gasteiger partial charge in [0.2, 0.25) is 11.0 Å². The highest BCUT2D eigenvalue weighted by atomic mass is 14.9. The zero-order valence-electron chi connectivity index (χ0n) is 33.8. The molecule has 8 bridgehead atoms. The van der Waals surface area contributed by atoms with Crippen LogP contribution < -0.4 is 18.3 Å². The molecule has 0 fully saturated rings. The fourth-order valence-electron chi connectivity index (χ4n) is 8.99. The maximum atomic E-state index is 5.51. The van der Waals surface area contributed by atoms with Gasteiger partial charge in [-0.05, 0) is 85.0 Å². The number of para-hydroxylation sites is 2. The van der Waals surface area contributed by atoms with Crippen molar-refractivity contribution in [2.45, 2.75) is 0 Å². The van der Waals surface area contributed by atoms with Crippen molar-refractivity contribution in [1.82, 2.24) is 19.9 Å². The second-order valence-electron chi connectivity index (χ2n) is 15.8. The van der Waals surface area contributed by atoms with Crippen molar-refractivity contribution in [2.24, 2.45) is 28.2 Å². The predicted molar refractivity (Wildman–Crippen MR) is 240 cm³/mol. The van der Waals surface area contributed by atoms with E-state index in [0.29, 0.717) is 0 Å². The number of benzene rings is 2. The van der Waals surface area contributed by atoms with E-state index in [9.17, 15) is 0 Å². The first kappa shape index (κ1) is 35.3. The number of H-pyrrole nitrogens is 2. The number of rotatable bonds is 4. The minimum absolute atomic E-state index is 0.854. The molecule has 60 heavy (non-hydrogen) atoms. The molecule has 2 aliphatic heterocycles. The molecule has 9 heterocycles. The number of nitrogens with one attached hydrogen (secondary N) is 2. The maximum Gasteiger partial charge on any atom is 0.212 e. The first-order chi connectivity index (χ1) is 29.3. The van der Waals surface area contributed by atoms with Crippen molar-refractivity contribution in [2.75, 3.05) is 0 Å². The van der Waals surface area contributed by atoms with Crippen LogP contribution in [0.25, 0.3) is 113 Å². The lowest BCUT2D eigenvalue weighted by Gasteiger charge is -2.07. The van der Waals surface area contributed by atoms with E-state index >= 15 is 0 Å². The zero-order chi connectivity index (χ0) is 40.5. The Balaban J connectivity index is 1.32. The Morgan fingerprint density at radius 3 is 1.23 bits per heavy atom. The Bertz CT molecular complexity index is 3350. The van der Waals surface area contributed by atoms with E-state index in [1.54, 1.807) is 0 Å². The average Bonchev–Trinajstić information content (AvgIpc) is 4.09. The Labute approximate surface area is 347 Å². The van der Waals surface area contributed by atoms with Gasteiger partial charge in [0.15, 0.2) is 37.2 Å². The summed E-state index contributed by atoms with van der Waals surface area (Å²) in [6, 6.07) is 38.8. The van der Waals surface area contributed by atoms with E-state index in [-0.39, 0.29) is 0 Å². The molecule has 0 atom stereocenters. The lowest BCUT2D eigenvalue weighted by molar-refractivity contribution is -0.671. The van der Waals surface area contributed by atoms with Crippen molar-refractivity contribution < 1.29 is 18.3 Å². The van der Waals surface area contributed by atoms with Gasteiger partial charge in [0.05, 0.1) is 33.9 Å². The summed E-state index contributed by atoms with van der Waals surface area (Å²) in [6.45, 7) is 0. The topological polar surface area (TPSA) is 72.9 Å². The van der Waals surface area contributed by atoms with Gasteiger partial charge in [-0.15, -0.1) is 0 Å². The number of aromatic amines is 2. The summed E-state index contributed by atoms with van der Waals surface area (Å²) in [5.41, 5.74) is 18.0. The standard InChI is InChI=1S/C52H42N8/c1-57-25-9-13-35(29-57)49-39-17-21-43(53-39)51(37-27-33-11-5-7-15-47(33)59(3)31-37)45-23-19-41(55-45)50(36-14-10-26-58(2)30-36)42-20-24-46(56-42)52(44-22-18-40(49)54-44)38-28-34-12-6-8-16-48(34)60(4)32-38/h5-32,53,55H,1-4H3/q+4. The largest absolute Gasteiger partial charge is 0.354 e. The number of hydrogen-bond acceptors (Lipinski definition) is 2.